The SMILES string of the molecule is Cc1nnc(Sc2ccc(Br)cc2)c(/C(N)=N/O)c1C. The molecule has 0 amide bonds. The molecule has 20 heavy (non-hydrogen) atoms. The minimum atomic E-state index is 0.0418. The molecule has 0 radical (unpaired) electrons. The monoisotopic (exact) mass is 352 g/mol. The maximum Gasteiger partial charge on any atom is 0.173 e. The van der Waals surface area contributed by atoms with Crippen LogP contribution < -0.4 is 5.73 Å². The molecule has 0 saturated carbocycles. The summed E-state index contributed by atoms with van der Waals surface area (Å²) in [6.07, 6.45) is 0. The number of amidine groups is 1. The Kier molecular flexibility index (Phi) is 4.61. The van der Waals surface area contributed by atoms with Crippen LogP contribution in [0.5, 0.6) is 0 Å². The Morgan fingerprint density at radius 1 is 1.25 bits per heavy atom. The molecule has 5 nitrogen and oxygen atoms in total. The van der Waals surface area contributed by atoms with Gasteiger partial charge >= 0.3 is 0 Å². The Labute approximate surface area is 129 Å². The summed E-state index contributed by atoms with van der Waals surface area (Å²) in [6.45, 7) is 3.72. The fourth-order valence-corrected chi connectivity index (χ4v) is 2.83. The van der Waals surface area contributed by atoms with E-state index in [0.29, 0.717) is 10.6 Å². The Balaban J connectivity index is 2.46. The fraction of sp³-hybridized carbons (Fsp3) is 0.154. The van der Waals surface area contributed by atoms with Crippen molar-refractivity contribution in [2.45, 2.75) is 23.8 Å². The van der Waals surface area contributed by atoms with Gasteiger partial charge in [-0.25, -0.2) is 0 Å². The lowest BCUT2D eigenvalue weighted by atomic mass is 10.1. The summed E-state index contributed by atoms with van der Waals surface area (Å²) in [5.74, 6) is 0.0418. The second kappa shape index (κ2) is 6.23. The standard InChI is InChI=1S/C13H13BrN4OS/c1-7-8(2)16-17-13(11(7)12(15)18-19)20-10-5-3-9(14)4-6-10/h3-6,19H,1-2H3,(H2,15,18). The summed E-state index contributed by atoms with van der Waals surface area (Å²) in [4.78, 5) is 0.998. The van der Waals surface area contributed by atoms with E-state index in [1.807, 2.05) is 38.1 Å². The first-order valence-electron chi connectivity index (χ1n) is 5.78. The molecular formula is C13H13BrN4OS. The molecular weight excluding hydrogens is 340 g/mol. The summed E-state index contributed by atoms with van der Waals surface area (Å²) in [7, 11) is 0. The molecule has 0 aliphatic heterocycles. The minimum Gasteiger partial charge on any atom is -0.409 e. The van der Waals surface area contributed by atoms with Crippen molar-refractivity contribution in [1.82, 2.24) is 10.2 Å². The lowest BCUT2D eigenvalue weighted by molar-refractivity contribution is 0.318. The molecule has 3 N–H and O–H groups in total. The molecule has 0 fully saturated rings. The van der Waals surface area contributed by atoms with Gasteiger partial charge in [0.2, 0.25) is 0 Å². The summed E-state index contributed by atoms with van der Waals surface area (Å²) >= 11 is 4.81. The average molecular weight is 353 g/mol. The van der Waals surface area contributed by atoms with Crippen LogP contribution in [0.1, 0.15) is 16.8 Å². The first-order chi connectivity index (χ1) is 9.52. The van der Waals surface area contributed by atoms with Crippen molar-refractivity contribution in [3.05, 3.63) is 45.6 Å². The van der Waals surface area contributed by atoms with Crippen molar-refractivity contribution >= 4 is 33.5 Å². The molecule has 104 valence electrons. The van der Waals surface area contributed by atoms with Crippen molar-refractivity contribution in [1.29, 1.82) is 0 Å². The van der Waals surface area contributed by atoms with Gasteiger partial charge in [0.15, 0.2) is 5.84 Å². The largest absolute Gasteiger partial charge is 0.409 e. The van der Waals surface area contributed by atoms with E-state index >= 15 is 0 Å². The number of hydrogen-bond donors (Lipinski definition) is 2. The van der Waals surface area contributed by atoms with E-state index in [2.05, 4.69) is 31.3 Å². The Bertz CT molecular complexity index is 658. The molecule has 1 aromatic heterocycles. The average Bonchev–Trinajstić information content (AvgIpc) is 2.45. The highest BCUT2D eigenvalue weighted by atomic mass is 79.9. The highest BCUT2D eigenvalue weighted by Crippen LogP contribution is 2.31. The minimum absolute atomic E-state index is 0.0418. The Morgan fingerprint density at radius 3 is 2.50 bits per heavy atom. The summed E-state index contributed by atoms with van der Waals surface area (Å²) in [5.41, 5.74) is 7.99. The molecule has 0 aliphatic carbocycles. The van der Waals surface area contributed by atoms with Gasteiger partial charge in [-0.15, -0.1) is 5.10 Å². The third-order valence-electron chi connectivity index (χ3n) is 2.81. The van der Waals surface area contributed by atoms with Gasteiger partial charge in [-0.05, 0) is 43.7 Å². The smallest absolute Gasteiger partial charge is 0.173 e. The normalized spacial score (nSPS) is 11.7. The van der Waals surface area contributed by atoms with Crippen LogP contribution in [0.2, 0.25) is 0 Å². The van der Waals surface area contributed by atoms with E-state index in [4.69, 9.17) is 10.9 Å². The lowest BCUT2D eigenvalue weighted by Gasteiger charge is -2.11. The molecule has 2 rings (SSSR count). The number of aryl methyl sites for hydroxylation is 1. The van der Waals surface area contributed by atoms with Crippen LogP contribution in [0.15, 0.2) is 43.8 Å². The van der Waals surface area contributed by atoms with Gasteiger partial charge in [0, 0.05) is 9.37 Å². The van der Waals surface area contributed by atoms with E-state index in [9.17, 15) is 0 Å². The highest BCUT2D eigenvalue weighted by Gasteiger charge is 2.16. The molecule has 0 bridgehead atoms. The number of halogens is 1. The highest BCUT2D eigenvalue weighted by molar-refractivity contribution is 9.10. The number of benzene rings is 1. The zero-order valence-corrected chi connectivity index (χ0v) is 13.4. The fourth-order valence-electron chi connectivity index (χ4n) is 1.62. The van der Waals surface area contributed by atoms with Crippen molar-refractivity contribution < 1.29 is 5.21 Å². The second-order valence-electron chi connectivity index (χ2n) is 4.13. The van der Waals surface area contributed by atoms with Crippen LogP contribution in [0.3, 0.4) is 0 Å². The van der Waals surface area contributed by atoms with Gasteiger partial charge in [-0.2, -0.15) is 5.10 Å². The maximum absolute atomic E-state index is 8.93. The van der Waals surface area contributed by atoms with Crippen LogP contribution in [-0.2, 0) is 0 Å². The van der Waals surface area contributed by atoms with E-state index in [-0.39, 0.29) is 5.84 Å². The van der Waals surface area contributed by atoms with Crippen LogP contribution in [-0.4, -0.2) is 21.2 Å². The van der Waals surface area contributed by atoms with Gasteiger partial charge < -0.3 is 10.9 Å². The number of nitrogens with zero attached hydrogens (tertiary/aromatic N) is 3. The topological polar surface area (TPSA) is 84.4 Å². The van der Waals surface area contributed by atoms with Gasteiger partial charge in [-0.1, -0.05) is 32.8 Å². The van der Waals surface area contributed by atoms with Gasteiger partial charge in [0.25, 0.3) is 0 Å². The summed E-state index contributed by atoms with van der Waals surface area (Å²) in [6, 6.07) is 7.81. The van der Waals surface area contributed by atoms with E-state index in [0.717, 1.165) is 20.6 Å². The molecule has 0 atom stereocenters. The van der Waals surface area contributed by atoms with Gasteiger partial charge in [0.1, 0.15) is 5.03 Å². The van der Waals surface area contributed by atoms with Crippen molar-refractivity contribution in [2.24, 2.45) is 10.9 Å². The lowest BCUT2D eigenvalue weighted by Crippen LogP contribution is -2.18. The van der Waals surface area contributed by atoms with Crippen LogP contribution >= 0.6 is 27.7 Å². The van der Waals surface area contributed by atoms with Crippen LogP contribution in [0, 0.1) is 13.8 Å². The molecule has 1 aromatic carbocycles. The molecule has 0 saturated heterocycles. The van der Waals surface area contributed by atoms with Crippen molar-refractivity contribution in [3.63, 3.8) is 0 Å². The molecule has 0 unspecified atom stereocenters. The predicted molar refractivity (Wildman–Crippen MR) is 82.3 cm³/mol. The second-order valence-corrected chi connectivity index (χ2v) is 6.11. The molecule has 2 aromatic rings. The molecule has 0 aliphatic rings. The summed E-state index contributed by atoms with van der Waals surface area (Å²) in [5, 5.41) is 20.9. The number of hydrogen-bond acceptors (Lipinski definition) is 5. The van der Waals surface area contributed by atoms with Crippen LogP contribution in [0.4, 0.5) is 0 Å². The number of oxime groups is 1. The zero-order valence-electron chi connectivity index (χ0n) is 11.0. The Hall–Kier alpha value is -1.60. The first-order valence-corrected chi connectivity index (χ1v) is 7.39. The summed E-state index contributed by atoms with van der Waals surface area (Å²) < 4.78 is 1.00. The quantitative estimate of drug-likeness (QED) is 0.383. The van der Waals surface area contributed by atoms with E-state index in [1.54, 1.807) is 0 Å². The molecule has 0 spiro atoms. The molecule has 1 heterocycles. The number of nitrogens with two attached hydrogens (primary N) is 1. The number of aromatic nitrogens is 2. The van der Waals surface area contributed by atoms with E-state index < -0.39 is 0 Å². The van der Waals surface area contributed by atoms with Crippen molar-refractivity contribution in [3.8, 4) is 0 Å². The van der Waals surface area contributed by atoms with Gasteiger partial charge in [0.05, 0.1) is 11.3 Å². The van der Waals surface area contributed by atoms with Crippen LogP contribution in [0.25, 0.3) is 0 Å². The third kappa shape index (κ3) is 3.10. The maximum atomic E-state index is 8.93. The Morgan fingerprint density at radius 2 is 1.90 bits per heavy atom. The zero-order chi connectivity index (χ0) is 14.7. The third-order valence-corrected chi connectivity index (χ3v) is 4.33. The number of rotatable bonds is 3. The predicted octanol–water partition coefficient (Wildman–Crippen LogP) is 3.10. The first kappa shape index (κ1) is 14.8. The van der Waals surface area contributed by atoms with Crippen molar-refractivity contribution in [2.75, 3.05) is 0 Å². The van der Waals surface area contributed by atoms with E-state index in [1.165, 1.54) is 11.8 Å². The molecule has 7 heteroatoms. The van der Waals surface area contributed by atoms with Gasteiger partial charge in [-0.3, -0.25) is 0 Å².